The second-order valence-corrected chi connectivity index (χ2v) is 5.46. The Kier molecular flexibility index (Phi) is 6.73. The summed E-state index contributed by atoms with van der Waals surface area (Å²) in [6.45, 7) is 2.05. The Morgan fingerprint density at radius 1 is 1.42 bits per heavy atom. The van der Waals surface area contributed by atoms with Crippen molar-refractivity contribution in [1.82, 2.24) is 5.32 Å². The summed E-state index contributed by atoms with van der Waals surface area (Å²) in [5.41, 5.74) is 6.85. The summed E-state index contributed by atoms with van der Waals surface area (Å²) in [5.74, 6) is 0.996. The highest BCUT2D eigenvalue weighted by atomic mass is 32.2. The van der Waals surface area contributed by atoms with Gasteiger partial charge in [0, 0.05) is 11.8 Å². The lowest BCUT2D eigenvalue weighted by atomic mass is 10.1. The van der Waals surface area contributed by atoms with Crippen molar-refractivity contribution in [2.24, 2.45) is 5.73 Å². The van der Waals surface area contributed by atoms with Crippen molar-refractivity contribution in [3.8, 4) is 5.75 Å². The first-order valence-corrected chi connectivity index (χ1v) is 7.79. The number of amides is 1. The van der Waals surface area contributed by atoms with Gasteiger partial charge >= 0.3 is 0 Å². The smallest absolute Gasteiger partial charge is 0.237 e. The average molecular weight is 282 g/mol. The van der Waals surface area contributed by atoms with Crippen LogP contribution in [0.5, 0.6) is 5.75 Å². The van der Waals surface area contributed by atoms with Gasteiger partial charge in [0.1, 0.15) is 5.75 Å². The summed E-state index contributed by atoms with van der Waals surface area (Å²) < 4.78 is 0. The van der Waals surface area contributed by atoms with Gasteiger partial charge in [-0.3, -0.25) is 4.79 Å². The Hall–Kier alpha value is -1.20. The van der Waals surface area contributed by atoms with E-state index in [9.17, 15) is 9.90 Å². The molecule has 2 atom stereocenters. The molecule has 0 bridgehead atoms. The summed E-state index contributed by atoms with van der Waals surface area (Å²) in [4.78, 5) is 12.0. The van der Waals surface area contributed by atoms with Gasteiger partial charge in [-0.25, -0.2) is 0 Å². The van der Waals surface area contributed by atoms with Gasteiger partial charge in [-0.1, -0.05) is 19.1 Å². The zero-order valence-electron chi connectivity index (χ0n) is 11.4. The molecule has 106 valence electrons. The van der Waals surface area contributed by atoms with Gasteiger partial charge in [0.05, 0.1) is 6.04 Å². The third-order valence-electron chi connectivity index (χ3n) is 2.94. The Labute approximate surface area is 118 Å². The molecule has 1 rings (SSSR count). The van der Waals surface area contributed by atoms with Crippen LogP contribution >= 0.6 is 11.8 Å². The predicted molar refractivity (Wildman–Crippen MR) is 80.4 cm³/mol. The molecule has 4 N–H and O–H groups in total. The molecule has 0 heterocycles. The van der Waals surface area contributed by atoms with E-state index in [2.05, 4.69) is 5.32 Å². The molecule has 0 spiro atoms. The van der Waals surface area contributed by atoms with Crippen LogP contribution in [0.15, 0.2) is 24.3 Å². The molecule has 0 radical (unpaired) electrons. The van der Waals surface area contributed by atoms with Crippen molar-refractivity contribution in [2.45, 2.75) is 31.8 Å². The molecule has 19 heavy (non-hydrogen) atoms. The molecule has 0 saturated carbocycles. The van der Waals surface area contributed by atoms with Crippen molar-refractivity contribution in [2.75, 3.05) is 12.0 Å². The maximum atomic E-state index is 12.0. The van der Waals surface area contributed by atoms with E-state index in [4.69, 9.17) is 5.73 Å². The van der Waals surface area contributed by atoms with E-state index in [1.54, 1.807) is 36.0 Å². The van der Waals surface area contributed by atoms with Crippen LogP contribution in [0.2, 0.25) is 0 Å². The molecular formula is C14H22N2O2S. The lowest BCUT2D eigenvalue weighted by molar-refractivity contribution is -0.122. The first-order valence-electron chi connectivity index (χ1n) is 6.39. The highest BCUT2D eigenvalue weighted by Crippen LogP contribution is 2.11. The molecule has 1 aromatic rings. The number of phenols is 1. The van der Waals surface area contributed by atoms with Crippen molar-refractivity contribution < 1.29 is 9.90 Å². The van der Waals surface area contributed by atoms with Crippen molar-refractivity contribution in [3.05, 3.63) is 29.8 Å². The fourth-order valence-corrected chi connectivity index (χ4v) is 2.47. The minimum atomic E-state index is -0.555. The van der Waals surface area contributed by atoms with E-state index in [0.29, 0.717) is 6.42 Å². The lowest BCUT2D eigenvalue weighted by Gasteiger charge is -2.19. The molecule has 1 amide bonds. The van der Waals surface area contributed by atoms with Crippen LogP contribution in [-0.2, 0) is 11.2 Å². The number of carbonyl (C=O) groups excluding carboxylic acids is 1. The predicted octanol–water partition coefficient (Wildman–Crippen LogP) is 1.52. The van der Waals surface area contributed by atoms with E-state index in [1.165, 1.54) is 0 Å². The fraction of sp³-hybridized carbons (Fsp3) is 0.500. The topological polar surface area (TPSA) is 75.4 Å². The van der Waals surface area contributed by atoms with Crippen LogP contribution in [0, 0.1) is 0 Å². The molecular weight excluding hydrogens is 260 g/mol. The zero-order valence-corrected chi connectivity index (χ0v) is 12.2. The summed E-state index contributed by atoms with van der Waals surface area (Å²) in [5, 5.41) is 12.2. The zero-order chi connectivity index (χ0) is 14.3. The van der Waals surface area contributed by atoms with E-state index < -0.39 is 6.04 Å². The molecule has 0 fully saturated rings. The number of aromatic hydroxyl groups is 1. The van der Waals surface area contributed by atoms with Crippen LogP contribution in [0.25, 0.3) is 0 Å². The van der Waals surface area contributed by atoms with Gasteiger partial charge in [0.2, 0.25) is 5.91 Å². The third-order valence-corrected chi connectivity index (χ3v) is 3.67. The number of thioether (sulfide) groups is 1. The van der Waals surface area contributed by atoms with Gasteiger partial charge < -0.3 is 16.2 Å². The quantitative estimate of drug-likeness (QED) is 0.709. The minimum Gasteiger partial charge on any atom is -0.508 e. The van der Waals surface area contributed by atoms with Gasteiger partial charge in [-0.15, -0.1) is 0 Å². The molecule has 0 aliphatic heterocycles. The molecule has 4 nitrogen and oxygen atoms in total. The third kappa shape index (κ3) is 5.53. The van der Waals surface area contributed by atoms with Gasteiger partial charge in [-0.05, 0) is 36.8 Å². The average Bonchev–Trinajstić information content (AvgIpc) is 2.40. The summed E-state index contributed by atoms with van der Waals surface area (Å²) >= 11 is 1.71. The monoisotopic (exact) mass is 282 g/mol. The summed E-state index contributed by atoms with van der Waals surface area (Å²) in [6.07, 6.45) is 3.39. The number of nitrogens with two attached hydrogens (primary N) is 1. The van der Waals surface area contributed by atoms with Gasteiger partial charge in [-0.2, -0.15) is 11.8 Å². The van der Waals surface area contributed by atoms with Crippen molar-refractivity contribution >= 4 is 17.7 Å². The molecule has 5 heteroatoms. The Bertz CT molecular complexity index is 395. The van der Waals surface area contributed by atoms with Crippen LogP contribution < -0.4 is 11.1 Å². The number of carbonyl (C=O) groups is 1. The molecule has 0 aliphatic carbocycles. The second-order valence-electron chi connectivity index (χ2n) is 4.55. The highest BCUT2D eigenvalue weighted by Gasteiger charge is 2.17. The molecule has 2 unspecified atom stereocenters. The molecule has 0 aliphatic rings. The van der Waals surface area contributed by atoms with E-state index in [1.807, 2.05) is 13.2 Å². The number of phenolic OH excluding ortho intramolecular Hbond substituents is 1. The number of hydrogen-bond donors (Lipinski definition) is 3. The van der Waals surface area contributed by atoms with E-state index >= 15 is 0 Å². The van der Waals surface area contributed by atoms with Crippen LogP contribution in [0.3, 0.4) is 0 Å². The molecule has 1 aromatic carbocycles. The standard InChI is InChI=1S/C14H22N2O2S/c1-3-11(9-19-2)16-14(18)13(15)8-10-4-6-12(17)7-5-10/h4-7,11,13,17H,3,8-9,15H2,1-2H3,(H,16,18). The van der Waals surface area contributed by atoms with Gasteiger partial charge in [0.25, 0.3) is 0 Å². The number of benzene rings is 1. The van der Waals surface area contributed by atoms with E-state index in [-0.39, 0.29) is 17.7 Å². The summed E-state index contributed by atoms with van der Waals surface area (Å²) in [6, 6.07) is 6.38. The summed E-state index contributed by atoms with van der Waals surface area (Å²) in [7, 11) is 0. The Balaban J connectivity index is 2.50. The SMILES string of the molecule is CCC(CSC)NC(=O)C(N)Cc1ccc(O)cc1. The minimum absolute atomic E-state index is 0.117. The fourth-order valence-electron chi connectivity index (χ4n) is 1.75. The first kappa shape index (κ1) is 15.9. The largest absolute Gasteiger partial charge is 0.508 e. The number of nitrogens with one attached hydrogen (secondary N) is 1. The normalized spacial score (nSPS) is 13.8. The van der Waals surface area contributed by atoms with Crippen molar-refractivity contribution in [3.63, 3.8) is 0 Å². The molecule has 0 aromatic heterocycles. The lowest BCUT2D eigenvalue weighted by Crippen LogP contribution is -2.47. The van der Waals surface area contributed by atoms with Gasteiger partial charge in [0.15, 0.2) is 0 Å². The Morgan fingerprint density at radius 2 is 2.05 bits per heavy atom. The number of hydrogen-bond acceptors (Lipinski definition) is 4. The maximum absolute atomic E-state index is 12.0. The van der Waals surface area contributed by atoms with Crippen LogP contribution in [0.4, 0.5) is 0 Å². The Morgan fingerprint density at radius 3 is 2.58 bits per heavy atom. The van der Waals surface area contributed by atoms with Crippen molar-refractivity contribution in [1.29, 1.82) is 0 Å². The highest BCUT2D eigenvalue weighted by molar-refractivity contribution is 7.98. The second kappa shape index (κ2) is 8.07. The van der Waals surface area contributed by atoms with E-state index in [0.717, 1.165) is 17.7 Å². The van der Waals surface area contributed by atoms with Crippen LogP contribution in [-0.4, -0.2) is 35.1 Å². The maximum Gasteiger partial charge on any atom is 0.237 e. The first-order chi connectivity index (χ1) is 9.06. The number of rotatable bonds is 7. The van der Waals surface area contributed by atoms with Crippen LogP contribution in [0.1, 0.15) is 18.9 Å². The molecule has 0 saturated heterocycles.